The second-order valence-electron chi connectivity index (χ2n) is 6.54. The minimum atomic E-state index is -0.331. The first-order valence-corrected chi connectivity index (χ1v) is 9.39. The van der Waals surface area contributed by atoms with Gasteiger partial charge in [0.15, 0.2) is 17.0 Å². The molecule has 0 fully saturated rings. The van der Waals surface area contributed by atoms with Crippen LogP contribution in [0, 0.1) is 0 Å². The molecule has 3 aromatic rings. The number of methoxy groups -OCH3 is 2. The Morgan fingerprint density at radius 2 is 2.07 bits per heavy atom. The van der Waals surface area contributed by atoms with E-state index in [9.17, 15) is 4.79 Å². The van der Waals surface area contributed by atoms with Crippen molar-refractivity contribution in [2.24, 2.45) is 0 Å². The molecule has 2 heterocycles. The van der Waals surface area contributed by atoms with Gasteiger partial charge in [0.25, 0.3) is 0 Å². The molecule has 9 nitrogen and oxygen atoms in total. The number of nitrogen functional groups attached to an aromatic ring is 1. The van der Waals surface area contributed by atoms with Gasteiger partial charge in [-0.25, -0.2) is 4.98 Å². The molecular formula is C20H25N5O4. The Morgan fingerprint density at radius 3 is 2.79 bits per heavy atom. The average molecular weight is 399 g/mol. The molecule has 3 rings (SSSR count). The summed E-state index contributed by atoms with van der Waals surface area (Å²) in [4.78, 5) is 24.7. The fourth-order valence-corrected chi connectivity index (χ4v) is 2.93. The number of carbonyl (C=O) groups excluding carboxylic acids is 1. The van der Waals surface area contributed by atoms with Crippen molar-refractivity contribution in [3.8, 4) is 11.8 Å². The molecule has 0 atom stereocenters. The summed E-state index contributed by atoms with van der Waals surface area (Å²) >= 11 is 0. The van der Waals surface area contributed by atoms with Gasteiger partial charge in [0, 0.05) is 5.56 Å². The van der Waals surface area contributed by atoms with Gasteiger partial charge in [0.1, 0.15) is 5.75 Å². The predicted octanol–water partition coefficient (Wildman–Crippen LogP) is 2.36. The predicted molar refractivity (Wildman–Crippen MR) is 108 cm³/mol. The van der Waals surface area contributed by atoms with Crippen molar-refractivity contribution in [3.63, 3.8) is 0 Å². The van der Waals surface area contributed by atoms with E-state index >= 15 is 0 Å². The van der Waals surface area contributed by atoms with Crippen molar-refractivity contribution in [1.29, 1.82) is 0 Å². The number of esters is 1. The molecule has 9 heteroatoms. The van der Waals surface area contributed by atoms with E-state index in [1.54, 1.807) is 13.4 Å². The number of anilines is 1. The molecular weight excluding hydrogens is 374 g/mol. The standard InChI is InChI=1S/C20H25N5O4/c1-4-5-8-29-20-23-18(21)17-19(24-20)25(12-22-17)11-13-6-7-15(27-2)14(9-13)10-16(26)28-3/h6-7,9,12H,4-5,8,10-11H2,1-3H3,(H2,21,23,24). The van der Waals surface area contributed by atoms with Gasteiger partial charge in [-0.2, -0.15) is 9.97 Å². The average Bonchev–Trinajstić information content (AvgIpc) is 3.11. The molecule has 0 aliphatic rings. The van der Waals surface area contributed by atoms with Crippen LogP contribution in [0.1, 0.15) is 30.9 Å². The first kappa shape index (κ1) is 20.4. The fraction of sp³-hybridized carbons (Fsp3) is 0.400. The van der Waals surface area contributed by atoms with Crippen LogP contribution in [-0.2, 0) is 22.5 Å². The van der Waals surface area contributed by atoms with Crippen LogP contribution in [0.2, 0.25) is 0 Å². The summed E-state index contributed by atoms with van der Waals surface area (Å²) in [5.41, 5.74) is 8.84. The van der Waals surface area contributed by atoms with E-state index in [0.29, 0.717) is 30.1 Å². The summed E-state index contributed by atoms with van der Waals surface area (Å²) in [7, 11) is 2.93. The third-order valence-corrected chi connectivity index (χ3v) is 4.46. The van der Waals surface area contributed by atoms with Crippen LogP contribution in [0.3, 0.4) is 0 Å². The van der Waals surface area contributed by atoms with Crippen molar-refractivity contribution < 1.29 is 19.0 Å². The van der Waals surface area contributed by atoms with Crippen LogP contribution in [-0.4, -0.2) is 46.3 Å². The number of ether oxygens (including phenoxy) is 3. The van der Waals surface area contributed by atoms with Crippen molar-refractivity contribution in [1.82, 2.24) is 19.5 Å². The molecule has 154 valence electrons. The summed E-state index contributed by atoms with van der Waals surface area (Å²) in [6, 6.07) is 5.90. The summed E-state index contributed by atoms with van der Waals surface area (Å²) in [5.74, 6) is 0.581. The van der Waals surface area contributed by atoms with Gasteiger partial charge < -0.3 is 24.5 Å². The Balaban J connectivity index is 1.89. The largest absolute Gasteiger partial charge is 0.496 e. The highest BCUT2D eigenvalue weighted by molar-refractivity contribution is 5.82. The minimum absolute atomic E-state index is 0.128. The second-order valence-corrected chi connectivity index (χ2v) is 6.54. The van der Waals surface area contributed by atoms with E-state index in [1.165, 1.54) is 7.11 Å². The zero-order chi connectivity index (χ0) is 20.8. The van der Waals surface area contributed by atoms with E-state index in [4.69, 9.17) is 19.9 Å². The lowest BCUT2D eigenvalue weighted by atomic mass is 10.1. The normalized spacial score (nSPS) is 10.9. The van der Waals surface area contributed by atoms with Gasteiger partial charge >= 0.3 is 12.0 Å². The molecule has 2 N–H and O–H groups in total. The first-order valence-electron chi connectivity index (χ1n) is 9.39. The monoisotopic (exact) mass is 399 g/mol. The molecule has 0 unspecified atom stereocenters. The van der Waals surface area contributed by atoms with E-state index < -0.39 is 0 Å². The van der Waals surface area contributed by atoms with Gasteiger partial charge in [-0.1, -0.05) is 19.4 Å². The van der Waals surface area contributed by atoms with E-state index in [-0.39, 0.29) is 24.2 Å². The summed E-state index contributed by atoms with van der Waals surface area (Å²) in [6.45, 7) is 3.10. The second kappa shape index (κ2) is 9.22. The van der Waals surface area contributed by atoms with Gasteiger partial charge in [0.2, 0.25) is 0 Å². The van der Waals surface area contributed by atoms with Crippen molar-refractivity contribution in [3.05, 3.63) is 35.7 Å². The molecule has 0 aliphatic heterocycles. The molecule has 29 heavy (non-hydrogen) atoms. The van der Waals surface area contributed by atoms with Crippen molar-refractivity contribution in [2.75, 3.05) is 26.6 Å². The quantitative estimate of drug-likeness (QED) is 0.431. The van der Waals surface area contributed by atoms with Gasteiger partial charge in [0.05, 0.1) is 40.1 Å². The van der Waals surface area contributed by atoms with E-state index in [2.05, 4.69) is 21.9 Å². The Bertz CT molecular complexity index is 1000. The van der Waals surface area contributed by atoms with E-state index in [1.807, 2.05) is 22.8 Å². The van der Waals surface area contributed by atoms with Crippen LogP contribution < -0.4 is 15.2 Å². The number of carbonyl (C=O) groups is 1. The highest BCUT2D eigenvalue weighted by Gasteiger charge is 2.14. The summed E-state index contributed by atoms with van der Waals surface area (Å²) in [5, 5.41) is 0. The lowest BCUT2D eigenvalue weighted by Crippen LogP contribution is -2.08. The first-order chi connectivity index (χ1) is 14.0. The van der Waals surface area contributed by atoms with Gasteiger partial charge in [-0.3, -0.25) is 4.79 Å². The minimum Gasteiger partial charge on any atom is -0.496 e. The lowest BCUT2D eigenvalue weighted by Gasteiger charge is -2.11. The Morgan fingerprint density at radius 1 is 1.24 bits per heavy atom. The third kappa shape index (κ3) is 4.74. The number of fused-ring (bicyclic) bond motifs is 1. The number of nitrogens with zero attached hydrogens (tertiary/aromatic N) is 4. The van der Waals surface area contributed by atoms with E-state index in [0.717, 1.165) is 24.0 Å². The Kier molecular flexibility index (Phi) is 6.48. The highest BCUT2D eigenvalue weighted by atomic mass is 16.5. The number of rotatable bonds is 9. The zero-order valence-electron chi connectivity index (χ0n) is 16.8. The molecule has 0 bridgehead atoms. The molecule has 0 saturated carbocycles. The maximum absolute atomic E-state index is 11.7. The molecule has 0 spiro atoms. The Hall–Kier alpha value is -3.36. The van der Waals surface area contributed by atoms with Crippen molar-refractivity contribution >= 4 is 23.0 Å². The smallest absolute Gasteiger partial charge is 0.320 e. The lowest BCUT2D eigenvalue weighted by molar-refractivity contribution is -0.139. The topological polar surface area (TPSA) is 114 Å². The number of nitrogens with two attached hydrogens (primary N) is 1. The third-order valence-electron chi connectivity index (χ3n) is 4.46. The Labute approximate surface area is 168 Å². The summed E-state index contributed by atoms with van der Waals surface area (Å²) in [6.07, 6.45) is 3.72. The molecule has 2 aromatic heterocycles. The number of hydrogen-bond acceptors (Lipinski definition) is 8. The van der Waals surface area contributed by atoms with Crippen LogP contribution in [0.5, 0.6) is 11.8 Å². The van der Waals surface area contributed by atoms with Crippen LogP contribution in [0.4, 0.5) is 5.82 Å². The molecule has 0 radical (unpaired) electrons. The molecule has 0 amide bonds. The number of aromatic nitrogens is 4. The highest BCUT2D eigenvalue weighted by Crippen LogP contribution is 2.24. The maximum Gasteiger partial charge on any atom is 0.320 e. The molecule has 0 saturated heterocycles. The number of imidazole rings is 1. The fourth-order valence-electron chi connectivity index (χ4n) is 2.93. The van der Waals surface area contributed by atoms with Crippen LogP contribution in [0.15, 0.2) is 24.5 Å². The van der Waals surface area contributed by atoms with Crippen LogP contribution >= 0.6 is 0 Å². The van der Waals surface area contributed by atoms with Crippen molar-refractivity contribution in [2.45, 2.75) is 32.7 Å². The SMILES string of the molecule is CCCCOc1nc(N)c2ncn(Cc3ccc(OC)c(CC(=O)OC)c3)c2n1. The summed E-state index contributed by atoms with van der Waals surface area (Å²) < 4.78 is 17.6. The zero-order valence-corrected chi connectivity index (χ0v) is 16.8. The van der Waals surface area contributed by atoms with Gasteiger partial charge in [-0.15, -0.1) is 0 Å². The number of hydrogen-bond donors (Lipinski definition) is 1. The molecule has 1 aromatic carbocycles. The maximum atomic E-state index is 11.7. The number of unbranched alkanes of at least 4 members (excludes halogenated alkanes) is 1. The molecule has 0 aliphatic carbocycles. The van der Waals surface area contributed by atoms with Crippen LogP contribution in [0.25, 0.3) is 11.2 Å². The van der Waals surface area contributed by atoms with Gasteiger partial charge in [-0.05, 0) is 24.1 Å². The number of benzene rings is 1.